The molecule has 2 bridgehead atoms. The maximum absolute atomic E-state index is 14.4. The molecule has 6 nitrogen and oxygen atoms in total. The van der Waals surface area contributed by atoms with Gasteiger partial charge in [0.05, 0.1) is 35.0 Å². The molecule has 5 aliphatic rings. The van der Waals surface area contributed by atoms with E-state index in [1.807, 2.05) is 86.7 Å². The largest absolute Gasteiger partial charge is 0.274 e. The van der Waals surface area contributed by atoms with Gasteiger partial charge in [-0.15, -0.1) is 0 Å². The average Bonchev–Trinajstić information content (AvgIpc) is 3.37. The third-order valence-corrected chi connectivity index (χ3v) is 9.74. The first-order valence-electron chi connectivity index (χ1n) is 13.1. The number of anilines is 2. The number of benzene rings is 3. The fourth-order valence-electron chi connectivity index (χ4n) is 7.59. The molecule has 0 spiro atoms. The van der Waals surface area contributed by atoms with Crippen molar-refractivity contribution in [3.05, 3.63) is 106 Å². The second-order valence-electron chi connectivity index (χ2n) is 11.0. The Morgan fingerprint density at radius 3 is 1.56 bits per heavy atom. The average molecular weight is 581 g/mol. The van der Waals surface area contributed by atoms with Crippen molar-refractivity contribution in [2.45, 2.75) is 19.3 Å². The number of halogens is 1. The second-order valence-corrected chi connectivity index (χ2v) is 11.9. The van der Waals surface area contributed by atoms with E-state index in [0.717, 1.165) is 21.2 Å². The van der Waals surface area contributed by atoms with Crippen LogP contribution in [0.1, 0.15) is 16.7 Å². The number of carbonyl (C=O) groups is 4. The van der Waals surface area contributed by atoms with E-state index in [1.54, 1.807) is 12.1 Å². The van der Waals surface area contributed by atoms with Gasteiger partial charge in [0.15, 0.2) is 0 Å². The Labute approximate surface area is 234 Å². The molecule has 0 radical (unpaired) electrons. The van der Waals surface area contributed by atoms with Gasteiger partial charge in [0.25, 0.3) is 0 Å². The Bertz CT molecular complexity index is 1540. The molecule has 2 heterocycles. The number of carbonyl (C=O) groups excluding carboxylic acids is 4. The molecule has 39 heavy (non-hydrogen) atoms. The van der Waals surface area contributed by atoms with Gasteiger partial charge in [0, 0.05) is 15.8 Å². The lowest BCUT2D eigenvalue weighted by atomic mass is 9.45. The first kappa shape index (κ1) is 24.2. The molecule has 0 N–H and O–H groups in total. The van der Waals surface area contributed by atoms with Crippen LogP contribution in [0.2, 0.25) is 0 Å². The van der Waals surface area contributed by atoms with E-state index in [0.29, 0.717) is 11.4 Å². The minimum Gasteiger partial charge on any atom is -0.274 e. The maximum Gasteiger partial charge on any atom is 0.238 e. The van der Waals surface area contributed by atoms with E-state index < -0.39 is 35.0 Å². The molecule has 3 aromatic rings. The lowest BCUT2D eigenvalue weighted by Gasteiger charge is -2.53. The summed E-state index contributed by atoms with van der Waals surface area (Å²) in [6.07, 6.45) is 3.87. The van der Waals surface area contributed by atoms with Crippen LogP contribution in [0, 0.1) is 43.4 Å². The minimum atomic E-state index is -1.14. The molecule has 3 aromatic carbocycles. The topological polar surface area (TPSA) is 74.8 Å². The van der Waals surface area contributed by atoms with Crippen molar-refractivity contribution in [1.29, 1.82) is 0 Å². The van der Waals surface area contributed by atoms with Crippen molar-refractivity contribution in [2.24, 2.45) is 29.6 Å². The molecule has 2 unspecified atom stereocenters. The van der Waals surface area contributed by atoms with E-state index in [1.165, 1.54) is 9.80 Å². The number of hydrogen-bond donors (Lipinski definition) is 0. The highest BCUT2D eigenvalue weighted by atomic mass is 79.9. The van der Waals surface area contributed by atoms with E-state index >= 15 is 0 Å². The highest BCUT2D eigenvalue weighted by Gasteiger charge is 2.75. The number of imide groups is 2. The third kappa shape index (κ3) is 3.02. The van der Waals surface area contributed by atoms with Crippen molar-refractivity contribution in [3.63, 3.8) is 0 Å². The van der Waals surface area contributed by atoms with Gasteiger partial charge < -0.3 is 0 Å². The fourth-order valence-corrected chi connectivity index (χ4v) is 7.86. The minimum absolute atomic E-state index is 0.303. The first-order chi connectivity index (χ1) is 18.8. The lowest BCUT2D eigenvalue weighted by Crippen LogP contribution is -2.60. The monoisotopic (exact) mass is 580 g/mol. The van der Waals surface area contributed by atoms with Gasteiger partial charge in [-0.3, -0.25) is 19.2 Å². The first-order valence-corrected chi connectivity index (χ1v) is 13.9. The molecule has 8 rings (SSSR count). The van der Waals surface area contributed by atoms with Crippen molar-refractivity contribution in [3.8, 4) is 0 Å². The van der Waals surface area contributed by atoms with Gasteiger partial charge in [-0.2, -0.15) is 0 Å². The highest BCUT2D eigenvalue weighted by Crippen LogP contribution is 2.65. The number of para-hydroxylation sites is 2. The summed E-state index contributed by atoms with van der Waals surface area (Å²) in [7, 11) is 0. The van der Waals surface area contributed by atoms with Crippen LogP contribution in [0.15, 0.2) is 89.4 Å². The van der Waals surface area contributed by atoms with Crippen molar-refractivity contribution in [2.75, 3.05) is 9.80 Å². The Kier molecular flexibility index (Phi) is 5.17. The molecule has 4 amide bonds. The van der Waals surface area contributed by atoms with Crippen LogP contribution in [0.25, 0.3) is 0 Å². The number of amides is 4. The molecule has 194 valence electrons. The van der Waals surface area contributed by atoms with Gasteiger partial charge in [-0.25, -0.2) is 9.80 Å². The van der Waals surface area contributed by atoms with Gasteiger partial charge in [0.1, 0.15) is 0 Å². The predicted molar refractivity (Wildman–Crippen MR) is 150 cm³/mol. The maximum atomic E-state index is 14.4. The van der Waals surface area contributed by atoms with Crippen molar-refractivity contribution >= 4 is 50.9 Å². The van der Waals surface area contributed by atoms with Crippen LogP contribution in [0.5, 0.6) is 0 Å². The Balaban J connectivity index is 1.45. The summed E-state index contributed by atoms with van der Waals surface area (Å²) >= 11 is 3.49. The fraction of sp³-hybridized carbons (Fsp3) is 0.250. The SMILES string of the molecule is Cc1ccccc1N1C(=O)[C@@H]2[C@@H](C1=O)C1C=CC2(c2ccc(Br)cc2)[C@H]2C(=O)N(c3ccccc3C)C(=O)[C@H]12. The normalized spacial score (nSPS) is 30.8. The predicted octanol–water partition coefficient (Wildman–Crippen LogP) is 5.11. The van der Waals surface area contributed by atoms with Gasteiger partial charge in [0.2, 0.25) is 23.6 Å². The lowest BCUT2D eigenvalue weighted by molar-refractivity contribution is -0.140. The Morgan fingerprint density at radius 1 is 0.641 bits per heavy atom. The van der Waals surface area contributed by atoms with Crippen LogP contribution in [0.3, 0.4) is 0 Å². The van der Waals surface area contributed by atoms with Gasteiger partial charge >= 0.3 is 0 Å². The summed E-state index contributed by atoms with van der Waals surface area (Å²) in [5, 5.41) is 0. The molecule has 3 aliphatic carbocycles. The molecular formula is C32H25BrN2O4. The standard InChI is InChI=1S/C32H25BrN2O4/c1-17-7-3-5-9-22(17)34-28(36)24-21-15-16-32(26(24)30(34)38,19-11-13-20(33)14-12-19)27-25(21)29(37)35(31(27)39)23-10-6-4-8-18(23)2/h3-16,21,24-27H,1-2H3/t21?,24-,25+,26-,27+,32?. The number of aryl methyl sites for hydroxylation is 2. The van der Waals surface area contributed by atoms with E-state index in [-0.39, 0.29) is 23.6 Å². The van der Waals surface area contributed by atoms with Gasteiger partial charge in [-0.05, 0) is 54.8 Å². The van der Waals surface area contributed by atoms with Crippen LogP contribution < -0.4 is 9.80 Å². The molecule has 7 heteroatoms. The van der Waals surface area contributed by atoms with Crippen LogP contribution in [0.4, 0.5) is 11.4 Å². The summed E-state index contributed by atoms with van der Waals surface area (Å²) in [5.74, 6) is -4.85. The van der Waals surface area contributed by atoms with Crippen LogP contribution >= 0.6 is 15.9 Å². The zero-order valence-corrected chi connectivity index (χ0v) is 23.0. The molecule has 2 aliphatic heterocycles. The van der Waals surface area contributed by atoms with Crippen LogP contribution in [-0.2, 0) is 24.6 Å². The molecule has 6 atom stereocenters. The summed E-state index contributed by atoms with van der Waals surface area (Å²) in [6.45, 7) is 3.74. The number of allylic oxidation sites excluding steroid dienone is 2. The van der Waals surface area contributed by atoms with E-state index in [4.69, 9.17) is 0 Å². The highest BCUT2D eigenvalue weighted by molar-refractivity contribution is 9.10. The Hall–Kier alpha value is -3.84. The third-order valence-electron chi connectivity index (χ3n) is 9.21. The second kappa shape index (κ2) is 8.33. The molecule has 0 aromatic heterocycles. The molecule has 3 fully saturated rings. The zero-order chi connectivity index (χ0) is 27.2. The summed E-state index contributed by atoms with van der Waals surface area (Å²) in [4.78, 5) is 59.7. The van der Waals surface area contributed by atoms with Crippen molar-refractivity contribution < 1.29 is 19.2 Å². The van der Waals surface area contributed by atoms with Crippen LogP contribution in [-0.4, -0.2) is 23.6 Å². The zero-order valence-electron chi connectivity index (χ0n) is 21.4. The Morgan fingerprint density at radius 2 is 1.10 bits per heavy atom. The number of hydrogen-bond acceptors (Lipinski definition) is 4. The summed E-state index contributed by atoms with van der Waals surface area (Å²) < 4.78 is 0.856. The smallest absolute Gasteiger partial charge is 0.238 e. The number of rotatable bonds is 3. The molecule has 2 saturated heterocycles. The summed E-state index contributed by atoms with van der Waals surface area (Å²) in [6, 6.07) is 22.2. The number of nitrogens with zero attached hydrogens (tertiary/aromatic N) is 2. The van der Waals surface area contributed by atoms with E-state index in [2.05, 4.69) is 15.9 Å². The van der Waals surface area contributed by atoms with Crippen molar-refractivity contribution in [1.82, 2.24) is 0 Å². The quantitative estimate of drug-likeness (QED) is 0.318. The molecule has 1 saturated carbocycles. The van der Waals surface area contributed by atoms with E-state index in [9.17, 15) is 19.2 Å². The van der Waals surface area contributed by atoms with Gasteiger partial charge in [-0.1, -0.05) is 76.6 Å². The summed E-state index contributed by atoms with van der Waals surface area (Å²) in [5.41, 5.74) is 2.35. The molecular weight excluding hydrogens is 556 g/mol.